The second-order valence-electron chi connectivity index (χ2n) is 9.20. The molecule has 8 nitrogen and oxygen atoms in total. The predicted molar refractivity (Wildman–Crippen MR) is 145 cm³/mol. The van der Waals surface area contributed by atoms with Gasteiger partial charge in [0, 0.05) is 17.8 Å². The second kappa shape index (κ2) is 11.5. The van der Waals surface area contributed by atoms with Crippen LogP contribution in [0, 0.1) is 10.6 Å². The SMILES string of the molecule is CCOC(=O)[C@H](Cc1ccc(NC(=O)c2c(Cl)c[n+]([O-])cc2Cl)cc1)N=C1C(Br)C(=O)C12CCCCC2. The third-order valence-corrected chi connectivity index (χ3v) is 8.24. The minimum Gasteiger partial charge on any atom is -0.619 e. The van der Waals surface area contributed by atoms with E-state index in [1.165, 1.54) is 0 Å². The fourth-order valence-corrected chi connectivity index (χ4v) is 6.57. The van der Waals surface area contributed by atoms with Crippen LogP contribution in [0.2, 0.25) is 10.0 Å². The molecule has 0 radical (unpaired) electrons. The molecule has 2 aliphatic carbocycles. The fourth-order valence-electron chi connectivity index (χ4n) is 4.95. The third kappa shape index (κ3) is 5.68. The number of aromatic nitrogens is 1. The number of nitrogens with zero attached hydrogens (tertiary/aromatic N) is 2. The number of aliphatic imine (C=N–C) groups is 1. The van der Waals surface area contributed by atoms with Crippen LogP contribution in [-0.4, -0.2) is 40.8 Å². The summed E-state index contributed by atoms with van der Waals surface area (Å²) in [5.74, 6) is -0.853. The van der Waals surface area contributed by atoms with E-state index in [9.17, 15) is 19.6 Å². The normalized spacial score (nSPS) is 20.4. The van der Waals surface area contributed by atoms with E-state index in [-0.39, 0.29) is 34.4 Å². The Labute approximate surface area is 233 Å². The number of halogens is 3. The number of hydrogen-bond acceptors (Lipinski definition) is 6. The fraction of sp³-hybridized carbons (Fsp3) is 0.423. The van der Waals surface area contributed by atoms with Crippen LogP contribution in [-0.2, 0) is 20.7 Å². The predicted octanol–water partition coefficient (Wildman–Crippen LogP) is 5.09. The van der Waals surface area contributed by atoms with Crippen molar-refractivity contribution in [2.24, 2.45) is 10.4 Å². The summed E-state index contributed by atoms with van der Waals surface area (Å²) in [7, 11) is 0. The van der Waals surface area contributed by atoms with Crippen LogP contribution in [0.1, 0.15) is 54.9 Å². The maximum Gasteiger partial charge on any atom is 0.331 e. The molecular formula is C26H26BrCl2N3O5. The molecule has 11 heteroatoms. The molecule has 0 aliphatic heterocycles. The molecule has 2 aliphatic rings. The zero-order valence-electron chi connectivity index (χ0n) is 20.1. The zero-order valence-corrected chi connectivity index (χ0v) is 23.2. The van der Waals surface area contributed by atoms with Gasteiger partial charge in [-0.05, 0) is 37.5 Å². The molecule has 0 bridgehead atoms. The summed E-state index contributed by atoms with van der Waals surface area (Å²) in [6, 6.07) is 6.13. The summed E-state index contributed by atoms with van der Waals surface area (Å²) < 4.78 is 5.71. The van der Waals surface area contributed by atoms with Crippen molar-refractivity contribution in [2.75, 3.05) is 11.9 Å². The van der Waals surface area contributed by atoms with Crippen LogP contribution >= 0.6 is 39.1 Å². The molecule has 196 valence electrons. The summed E-state index contributed by atoms with van der Waals surface area (Å²) in [6.45, 7) is 1.97. The molecule has 2 fully saturated rings. The highest BCUT2D eigenvalue weighted by Crippen LogP contribution is 2.49. The average Bonchev–Trinajstić information content (AvgIpc) is 2.87. The summed E-state index contributed by atoms with van der Waals surface area (Å²) in [4.78, 5) is 42.5. The molecule has 1 aromatic heterocycles. The lowest BCUT2D eigenvalue weighted by Gasteiger charge is -2.47. The van der Waals surface area contributed by atoms with Gasteiger partial charge in [-0.1, -0.05) is 70.5 Å². The minimum atomic E-state index is -0.789. The number of anilines is 1. The molecule has 2 saturated carbocycles. The van der Waals surface area contributed by atoms with Crippen LogP contribution in [0.3, 0.4) is 0 Å². The van der Waals surface area contributed by atoms with Crippen LogP contribution in [0.25, 0.3) is 0 Å². The minimum absolute atomic E-state index is 0.00581. The Balaban J connectivity index is 1.51. The summed E-state index contributed by atoms with van der Waals surface area (Å²) in [5, 5.41) is 14.0. The molecule has 0 saturated heterocycles. The van der Waals surface area contributed by atoms with E-state index in [1.54, 1.807) is 31.2 Å². The molecule has 1 unspecified atom stereocenters. The van der Waals surface area contributed by atoms with Gasteiger partial charge in [-0.3, -0.25) is 14.6 Å². The van der Waals surface area contributed by atoms with Gasteiger partial charge in [0.05, 0.1) is 17.6 Å². The quantitative estimate of drug-likeness (QED) is 0.203. The number of ether oxygens (including phenoxy) is 1. The zero-order chi connectivity index (χ0) is 26.7. The van der Waals surface area contributed by atoms with Crippen molar-refractivity contribution in [3.05, 3.63) is 63.0 Å². The maximum atomic E-state index is 12.8. The first-order chi connectivity index (χ1) is 17.7. The van der Waals surface area contributed by atoms with Crippen LogP contribution < -0.4 is 10.0 Å². The first-order valence-corrected chi connectivity index (χ1v) is 13.7. The number of Topliss-reactive ketones (excluding diaryl/α,β-unsaturated/α-hetero) is 1. The highest BCUT2D eigenvalue weighted by Gasteiger charge is 2.58. The van der Waals surface area contributed by atoms with E-state index in [0.717, 1.165) is 55.8 Å². The van der Waals surface area contributed by atoms with Crippen molar-refractivity contribution in [2.45, 2.75) is 56.3 Å². The van der Waals surface area contributed by atoms with Gasteiger partial charge in [0.2, 0.25) is 0 Å². The first-order valence-electron chi connectivity index (χ1n) is 12.1. The number of esters is 1. The van der Waals surface area contributed by atoms with Gasteiger partial charge in [0.15, 0.2) is 24.2 Å². The molecule has 1 N–H and O–H groups in total. The van der Waals surface area contributed by atoms with E-state index in [1.807, 2.05) is 0 Å². The third-order valence-electron chi connectivity index (χ3n) is 6.82. The molecule has 1 amide bonds. The van der Waals surface area contributed by atoms with Crippen molar-refractivity contribution < 1.29 is 23.9 Å². The van der Waals surface area contributed by atoms with Gasteiger partial charge < -0.3 is 15.3 Å². The Morgan fingerprint density at radius 1 is 1.19 bits per heavy atom. The van der Waals surface area contributed by atoms with Crippen LogP contribution in [0.4, 0.5) is 5.69 Å². The Morgan fingerprint density at radius 2 is 1.81 bits per heavy atom. The summed E-state index contributed by atoms with van der Waals surface area (Å²) in [5.41, 5.74) is 1.46. The molecule has 1 spiro atoms. The Morgan fingerprint density at radius 3 is 2.41 bits per heavy atom. The standard InChI is InChI=1S/C26H26BrCl2N3O5/c1-2-37-25(35)19(31-22-21(27)23(33)26(22)10-4-3-5-11-26)12-15-6-8-16(9-7-15)30-24(34)20-17(28)13-32(36)14-18(20)29/h6-9,13-14,19,21H,2-5,10-12H2,1H3,(H,30,34)/t19-,21?/m0/s1. The summed E-state index contributed by atoms with van der Waals surface area (Å²) in [6.07, 6.45) is 6.94. The van der Waals surface area contributed by atoms with Gasteiger partial charge in [0.25, 0.3) is 5.91 Å². The van der Waals surface area contributed by atoms with Crippen molar-refractivity contribution in [3.8, 4) is 0 Å². The van der Waals surface area contributed by atoms with E-state index >= 15 is 0 Å². The molecule has 1 heterocycles. The first kappa shape index (κ1) is 27.5. The highest BCUT2D eigenvalue weighted by molar-refractivity contribution is 9.10. The summed E-state index contributed by atoms with van der Waals surface area (Å²) >= 11 is 15.5. The van der Waals surface area contributed by atoms with E-state index in [4.69, 9.17) is 32.9 Å². The number of rotatable bonds is 7. The van der Waals surface area contributed by atoms with E-state index in [2.05, 4.69) is 21.2 Å². The number of carbonyl (C=O) groups excluding carboxylic acids is 3. The van der Waals surface area contributed by atoms with Gasteiger partial charge in [-0.2, -0.15) is 4.73 Å². The van der Waals surface area contributed by atoms with Crippen molar-refractivity contribution >= 4 is 68.2 Å². The molecule has 37 heavy (non-hydrogen) atoms. The number of hydrogen-bond donors (Lipinski definition) is 1. The van der Waals surface area contributed by atoms with E-state index in [0.29, 0.717) is 10.4 Å². The van der Waals surface area contributed by atoms with Gasteiger partial charge in [-0.15, -0.1) is 0 Å². The smallest absolute Gasteiger partial charge is 0.331 e. The average molecular weight is 611 g/mol. The van der Waals surface area contributed by atoms with E-state index < -0.39 is 28.2 Å². The van der Waals surface area contributed by atoms with Gasteiger partial charge in [-0.25, -0.2) is 4.79 Å². The topological polar surface area (TPSA) is 112 Å². The number of alkyl halides is 1. The molecule has 2 atom stereocenters. The van der Waals surface area contributed by atoms with Crippen molar-refractivity contribution in [1.82, 2.24) is 0 Å². The highest BCUT2D eigenvalue weighted by atomic mass is 79.9. The van der Waals surface area contributed by atoms with Gasteiger partial charge in [0.1, 0.15) is 14.9 Å². The van der Waals surface area contributed by atoms with Crippen molar-refractivity contribution in [1.29, 1.82) is 0 Å². The Hall–Kier alpha value is -2.49. The number of benzene rings is 1. The lowest BCUT2D eigenvalue weighted by molar-refractivity contribution is -0.605. The van der Waals surface area contributed by atoms with Gasteiger partial charge >= 0.3 is 5.97 Å². The van der Waals surface area contributed by atoms with Crippen molar-refractivity contribution in [3.63, 3.8) is 0 Å². The maximum absolute atomic E-state index is 12.8. The van der Waals surface area contributed by atoms with Crippen LogP contribution in [0.5, 0.6) is 0 Å². The lowest BCUT2D eigenvalue weighted by Crippen LogP contribution is -2.61. The molecule has 4 rings (SSSR count). The Bertz CT molecular complexity index is 1220. The van der Waals surface area contributed by atoms with Crippen LogP contribution in [0.15, 0.2) is 41.7 Å². The number of carbonyl (C=O) groups is 3. The Kier molecular flexibility index (Phi) is 8.56. The number of ketones is 1. The number of nitrogens with one attached hydrogen (secondary N) is 1. The second-order valence-corrected chi connectivity index (χ2v) is 10.9. The molecular weight excluding hydrogens is 585 g/mol. The lowest BCUT2D eigenvalue weighted by atomic mass is 9.58. The molecule has 1 aromatic carbocycles. The monoisotopic (exact) mass is 609 g/mol. The number of amides is 1. The largest absolute Gasteiger partial charge is 0.619 e. The molecule has 2 aromatic rings. The number of pyridine rings is 1.